The highest BCUT2D eigenvalue weighted by atomic mass is 127. The molecule has 2 rings (SSSR count). The Morgan fingerprint density at radius 1 is 1.21 bits per heavy atom. The van der Waals surface area contributed by atoms with E-state index in [0.29, 0.717) is 19.6 Å². The molecule has 0 unspecified atom stereocenters. The average molecular weight is 445 g/mol. The van der Waals surface area contributed by atoms with Gasteiger partial charge in [-0.15, -0.1) is 0 Å². The molecule has 7 heteroatoms. The van der Waals surface area contributed by atoms with Gasteiger partial charge in [-0.3, -0.25) is 0 Å². The van der Waals surface area contributed by atoms with Crippen LogP contribution in [0.2, 0.25) is 0 Å². The molecule has 6 nitrogen and oxygen atoms in total. The predicted molar refractivity (Wildman–Crippen MR) is 102 cm³/mol. The van der Waals surface area contributed by atoms with Crippen LogP contribution in [-0.2, 0) is 4.74 Å². The van der Waals surface area contributed by atoms with Gasteiger partial charge in [0, 0.05) is 34.9 Å². The molecule has 0 aliphatic carbocycles. The first-order valence-electron chi connectivity index (χ1n) is 7.97. The number of nitrogens with zero attached hydrogens (tertiary/aromatic N) is 2. The predicted octanol–water partition coefficient (Wildman–Crippen LogP) is 3.76. The molecule has 1 saturated heterocycles. The summed E-state index contributed by atoms with van der Waals surface area (Å²) in [6.45, 7) is 8.90. The molecule has 132 valence electrons. The molecule has 0 aromatic heterocycles. The summed E-state index contributed by atoms with van der Waals surface area (Å²) in [4.78, 5) is 28.0. The van der Waals surface area contributed by atoms with Gasteiger partial charge in [0.25, 0.3) is 0 Å². The molecule has 0 bridgehead atoms. The second kappa shape index (κ2) is 7.58. The number of urea groups is 1. The molecule has 1 aromatic carbocycles. The van der Waals surface area contributed by atoms with Crippen LogP contribution in [0.1, 0.15) is 27.7 Å². The molecule has 1 aliphatic heterocycles. The Morgan fingerprint density at radius 3 is 2.38 bits per heavy atom. The highest BCUT2D eigenvalue weighted by molar-refractivity contribution is 14.1. The van der Waals surface area contributed by atoms with E-state index in [1.54, 1.807) is 9.80 Å². The fourth-order valence-electron chi connectivity index (χ4n) is 2.48. The highest BCUT2D eigenvalue weighted by Crippen LogP contribution is 2.17. The molecule has 3 amide bonds. The molecule has 24 heavy (non-hydrogen) atoms. The van der Waals surface area contributed by atoms with Gasteiger partial charge >= 0.3 is 12.1 Å². The van der Waals surface area contributed by atoms with Gasteiger partial charge in [-0.1, -0.05) is 0 Å². The Kier molecular flexibility index (Phi) is 5.95. The molecule has 1 N–H and O–H groups in total. The molecular formula is C17H24IN3O3. The summed E-state index contributed by atoms with van der Waals surface area (Å²) < 4.78 is 6.51. The average Bonchev–Trinajstić information content (AvgIpc) is 2.47. The first-order valence-corrected chi connectivity index (χ1v) is 9.05. The van der Waals surface area contributed by atoms with Gasteiger partial charge in [-0.2, -0.15) is 0 Å². The number of rotatable bonds is 1. The normalized spacial score (nSPS) is 18.3. The summed E-state index contributed by atoms with van der Waals surface area (Å²) >= 11 is 2.22. The van der Waals surface area contributed by atoms with Gasteiger partial charge in [0.15, 0.2) is 0 Å². The summed E-state index contributed by atoms with van der Waals surface area (Å²) in [6, 6.07) is 7.42. The lowest BCUT2D eigenvalue weighted by atomic mass is 10.2. The number of halogens is 1. The molecule has 1 fully saturated rings. The summed E-state index contributed by atoms with van der Waals surface area (Å²) in [7, 11) is 0. The molecule has 1 heterocycles. The first-order chi connectivity index (χ1) is 11.2. The zero-order valence-electron chi connectivity index (χ0n) is 14.5. The number of carbonyl (C=O) groups excluding carboxylic acids is 2. The molecule has 0 saturated carbocycles. The van der Waals surface area contributed by atoms with Crippen molar-refractivity contribution in [3.8, 4) is 0 Å². The number of carbonyl (C=O) groups is 2. The van der Waals surface area contributed by atoms with Crippen LogP contribution >= 0.6 is 22.6 Å². The zero-order valence-corrected chi connectivity index (χ0v) is 16.7. The molecule has 1 aliphatic rings. The summed E-state index contributed by atoms with van der Waals surface area (Å²) in [6.07, 6.45) is -0.327. The van der Waals surface area contributed by atoms with E-state index in [1.807, 2.05) is 52.0 Å². The number of hydrogen-bond acceptors (Lipinski definition) is 3. The number of hydrogen-bond donors (Lipinski definition) is 1. The lowest BCUT2D eigenvalue weighted by Gasteiger charge is -2.40. The number of piperazine rings is 1. The second-order valence-electron chi connectivity index (χ2n) is 6.91. The Labute approximate surface area is 156 Å². The second-order valence-corrected chi connectivity index (χ2v) is 8.15. The van der Waals surface area contributed by atoms with Crippen molar-refractivity contribution in [1.82, 2.24) is 9.80 Å². The number of nitrogens with one attached hydrogen (secondary N) is 1. The van der Waals surface area contributed by atoms with Crippen LogP contribution in [0.25, 0.3) is 0 Å². The minimum absolute atomic E-state index is 0.0740. The van der Waals surface area contributed by atoms with E-state index < -0.39 is 5.60 Å². The minimum atomic E-state index is -0.514. The van der Waals surface area contributed by atoms with Crippen molar-refractivity contribution in [2.24, 2.45) is 0 Å². The van der Waals surface area contributed by atoms with Crippen LogP contribution in [0.4, 0.5) is 15.3 Å². The van der Waals surface area contributed by atoms with Gasteiger partial charge in [0.2, 0.25) is 0 Å². The van der Waals surface area contributed by atoms with Crippen LogP contribution in [0.15, 0.2) is 24.3 Å². The Bertz CT molecular complexity index is 598. The number of benzene rings is 1. The maximum atomic E-state index is 12.4. The fraction of sp³-hybridized carbons (Fsp3) is 0.529. The zero-order chi connectivity index (χ0) is 17.9. The maximum absolute atomic E-state index is 12.4. The van der Waals surface area contributed by atoms with Crippen molar-refractivity contribution < 1.29 is 14.3 Å². The third-order valence-corrected chi connectivity index (χ3v) is 4.35. The molecule has 1 atom stereocenters. The van der Waals surface area contributed by atoms with Crippen LogP contribution in [-0.4, -0.2) is 53.2 Å². The van der Waals surface area contributed by atoms with Gasteiger partial charge in [0.1, 0.15) is 5.60 Å². The third-order valence-electron chi connectivity index (χ3n) is 3.64. The standard InChI is InChI=1S/C17H24IN3O3/c1-12-11-20(16(23)24-17(2,3)4)9-10-21(12)15(22)19-14-7-5-13(18)6-8-14/h5-8,12H,9-11H2,1-4H3,(H,19,22)/t12-/m1/s1. The Hall–Kier alpha value is -1.51. The third kappa shape index (κ3) is 5.25. The quantitative estimate of drug-likeness (QED) is 0.670. The minimum Gasteiger partial charge on any atom is -0.444 e. The van der Waals surface area contributed by atoms with Crippen molar-refractivity contribution in [3.63, 3.8) is 0 Å². The van der Waals surface area contributed by atoms with Crippen molar-refractivity contribution in [2.75, 3.05) is 25.0 Å². The largest absolute Gasteiger partial charge is 0.444 e. The van der Waals surface area contributed by atoms with Gasteiger partial charge in [-0.25, -0.2) is 9.59 Å². The maximum Gasteiger partial charge on any atom is 0.410 e. The van der Waals surface area contributed by atoms with Gasteiger partial charge in [0.05, 0.1) is 0 Å². The molecule has 0 radical (unpaired) electrons. The van der Waals surface area contributed by atoms with E-state index in [-0.39, 0.29) is 18.2 Å². The lowest BCUT2D eigenvalue weighted by Crippen LogP contribution is -2.57. The highest BCUT2D eigenvalue weighted by Gasteiger charge is 2.32. The van der Waals surface area contributed by atoms with Crippen molar-refractivity contribution >= 4 is 40.4 Å². The van der Waals surface area contributed by atoms with Crippen LogP contribution < -0.4 is 5.32 Å². The van der Waals surface area contributed by atoms with E-state index in [2.05, 4.69) is 27.9 Å². The molecule has 0 spiro atoms. The van der Waals surface area contributed by atoms with E-state index >= 15 is 0 Å². The smallest absolute Gasteiger partial charge is 0.410 e. The Morgan fingerprint density at radius 2 is 1.83 bits per heavy atom. The number of amides is 3. The molecular weight excluding hydrogens is 421 g/mol. The SMILES string of the molecule is C[C@@H]1CN(C(=O)OC(C)(C)C)CCN1C(=O)Nc1ccc(I)cc1. The van der Waals surface area contributed by atoms with Crippen LogP contribution in [0, 0.1) is 3.57 Å². The lowest BCUT2D eigenvalue weighted by molar-refractivity contribution is 0.0112. The van der Waals surface area contributed by atoms with Crippen molar-refractivity contribution in [2.45, 2.75) is 39.3 Å². The summed E-state index contributed by atoms with van der Waals surface area (Å²) in [5.41, 5.74) is 0.252. The summed E-state index contributed by atoms with van der Waals surface area (Å²) in [5.74, 6) is 0. The van der Waals surface area contributed by atoms with E-state index in [9.17, 15) is 9.59 Å². The number of anilines is 1. The van der Waals surface area contributed by atoms with Gasteiger partial charge in [-0.05, 0) is 74.6 Å². The number of ether oxygens (including phenoxy) is 1. The topological polar surface area (TPSA) is 61.9 Å². The Balaban J connectivity index is 1.91. The van der Waals surface area contributed by atoms with Gasteiger partial charge < -0.3 is 19.9 Å². The van der Waals surface area contributed by atoms with E-state index in [0.717, 1.165) is 9.26 Å². The first kappa shape index (κ1) is 18.8. The van der Waals surface area contributed by atoms with E-state index in [4.69, 9.17) is 4.74 Å². The monoisotopic (exact) mass is 445 g/mol. The van der Waals surface area contributed by atoms with Crippen molar-refractivity contribution in [1.29, 1.82) is 0 Å². The van der Waals surface area contributed by atoms with Crippen LogP contribution in [0.3, 0.4) is 0 Å². The van der Waals surface area contributed by atoms with Crippen LogP contribution in [0.5, 0.6) is 0 Å². The van der Waals surface area contributed by atoms with Crippen molar-refractivity contribution in [3.05, 3.63) is 27.8 Å². The fourth-order valence-corrected chi connectivity index (χ4v) is 2.84. The van der Waals surface area contributed by atoms with E-state index in [1.165, 1.54) is 0 Å². The molecule has 1 aromatic rings. The summed E-state index contributed by atoms with van der Waals surface area (Å²) in [5, 5.41) is 2.90.